The maximum absolute atomic E-state index is 12.7. The Hall–Kier alpha value is -2.61. The van der Waals surface area contributed by atoms with Gasteiger partial charge in [0.15, 0.2) is 0 Å². The van der Waals surface area contributed by atoms with E-state index in [2.05, 4.69) is 16.0 Å². The van der Waals surface area contributed by atoms with Crippen LogP contribution in [0.2, 0.25) is 5.02 Å². The molecule has 0 radical (unpaired) electrons. The number of sulfonamides is 1. The minimum Gasteiger partial charge on any atom is -0.320 e. The normalized spacial score (nSPS) is 14.7. The van der Waals surface area contributed by atoms with Crippen molar-refractivity contribution in [1.29, 1.82) is 5.26 Å². The molecule has 1 aliphatic carbocycles. The van der Waals surface area contributed by atoms with Gasteiger partial charge in [-0.3, -0.25) is 4.98 Å². The molecule has 162 valence electrons. The minimum atomic E-state index is -4.14. The molecule has 0 aliphatic heterocycles. The van der Waals surface area contributed by atoms with E-state index in [1.165, 1.54) is 18.3 Å². The average molecular weight is 466 g/mol. The van der Waals surface area contributed by atoms with E-state index >= 15 is 0 Å². The number of nitriles is 1. The highest BCUT2D eigenvalue weighted by atomic mass is 35.5. The Bertz CT molecular complexity index is 1260. The fraction of sp³-hybridized carbons (Fsp3) is 0.350. The van der Waals surface area contributed by atoms with Crippen LogP contribution in [0.15, 0.2) is 35.5 Å². The van der Waals surface area contributed by atoms with E-state index in [-0.39, 0.29) is 10.9 Å². The van der Waals surface area contributed by atoms with Crippen LogP contribution in [0.3, 0.4) is 0 Å². The van der Waals surface area contributed by atoms with Gasteiger partial charge < -0.3 is 4.57 Å². The summed E-state index contributed by atoms with van der Waals surface area (Å²) in [6, 6.07) is 5.34. The van der Waals surface area contributed by atoms with Crippen molar-refractivity contribution in [3.05, 3.63) is 41.2 Å². The first-order valence-corrected chi connectivity index (χ1v) is 11.5. The summed E-state index contributed by atoms with van der Waals surface area (Å²) in [5.41, 5.74) is 1.91. The summed E-state index contributed by atoms with van der Waals surface area (Å²) >= 11 is 6.10. The van der Waals surface area contributed by atoms with Crippen molar-refractivity contribution in [3.8, 4) is 17.5 Å². The highest BCUT2D eigenvalue weighted by Gasteiger charge is 2.29. The van der Waals surface area contributed by atoms with Crippen LogP contribution in [-0.4, -0.2) is 42.3 Å². The predicted octanol–water partition coefficient (Wildman–Crippen LogP) is 3.93. The topological polar surface area (TPSA) is 101 Å². The van der Waals surface area contributed by atoms with Gasteiger partial charge in [0.05, 0.1) is 28.0 Å². The second-order valence-electron chi connectivity index (χ2n) is 7.32. The number of nitrogens with one attached hydrogen (secondary N) is 1. The highest BCUT2D eigenvalue weighted by Crippen LogP contribution is 2.41. The Kier molecular flexibility index (Phi) is 5.92. The van der Waals surface area contributed by atoms with Crippen molar-refractivity contribution in [2.24, 2.45) is 0 Å². The van der Waals surface area contributed by atoms with Gasteiger partial charge in [0.25, 0.3) is 0 Å². The van der Waals surface area contributed by atoms with Crippen LogP contribution in [0.4, 0.5) is 8.78 Å². The van der Waals surface area contributed by atoms with Crippen molar-refractivity contribution in [2.75, 3.05) is 13.3 Å². The van der Waals surface area contributed by atoms with E-state index in [1.54, 1.807) is 6.07 Å². The number of pyridine rings is 2. The first-order chi connectivity index (χ1) is 14.9. The van der Waals surface area contributed by atoms with E-state index in [0.29, 0.717) is 33.0 Å². The highest BCUT2D eigenvalue weighted by molar-refractivity contribution is 7.89. The fourth-order valence-corrected chi connectivity index (χ4v) is 4.90. The van der Waals surface area contributed by atoms with Crippen molar-refractivity contribution in [3.63, 3.8) is 0 Å². The van der Waals surface area contributed by atoms with Gasteiger partial charge in [-0.1, -0.05) is 11.6 Å². The summed E-state index contributed by atoms with van der Waals surface area (Å²) in [7, 11) is -4.14. The molecule has 0 saturated heterocycles. The number of nitrogens with zero attached hydrogens (tertiary/aromatic N) is 4. The molecule has 1 aliphatic rings. The van der Waals surface area contributed by atoms with Gasteiger partial charge in [0.2, 0.25) is 10.0 Å². The summed E-state index contributed by atoms with van der Waals surface area (Å²) in [5, 5.41) is 10.9. The second kappa shape index (κ2) is 8.49. The van der Waals surface area contributed by atoms with Crippen LogP contribution in [0.25, 0.3) is 22.4 Å². The largest absolute Gasteiger partial charge is 0.320 e. The second-order valence-corrected chi connectivity index (χ2v) is 9.47. The van der Waals surface area contributed by atoms with Crippen LogP contribution in [-0.2, 0) is 10.0 Å². The van der Waals surface area contributed by atoms with Gasteiger partial charge in [-0.2, -0.15) is 5.26 Å². The van der Waals surface area contributed by atoms with Crippen molar-refractivity contribution < 1.29 is 17.2 Å². The van der Waals surface area contributed by atoms with Crippen molar-refractivity contribution >= 4 is 32.7 Å². The zero-order chi connectivity index (χ0) is 22.2. The molecule has 0 atom stereocenters. The number of fused-ring (bicyclic) bond motifs is 1. The maximum Gasteiger partial charge on any atom is 0.242 e. The van der Waals surface area contributed by atoms with Gasteiger partial charge >= 0.3 is 0 Å². The SMILES string of the molecule is N#Cc1c(-c2ccc(S(=O)(=O)NC(CF)CF)cn2)n(C2CCC2)c2ncc(Cl)cc12. The van der Waals surface area contributed by atoms with Crippen LogP contribution >= 0.6 is 11.6 Å². The maximum atomic E-state index is 12.7. The molecule has 3 aromatic rings. The summed E-state index contributed by atoms with van der Waals surface area (Å²) < 4.78 is 54.1. The molecule has 0 bridgehead atoms. The summed E-state index contributed by atoms with van der Waals surface area (Å²) in [5.74, 6) is 0. The molecule has 0 amide bonds. The predicted molar refractivity (Wildman–Crippen MR) is 112 cm³/mol. The number of rotatable bonds is 7. The molecule has 0 unspecified atom stereocenters. The third kappa shape index (κ3) is 3.89. The number of alkyl halides is 2. The Morgan fingerprint density at radius 3 is 2.55 bits per heavy atom. The van der Waals surface area contributed by atoms with Gasteiger partial charge in [-0.15, -0.1) is 0 Å². The zero-order valence-corrected chi connectivity index (χ0v) is 17.8. The summed E-state index contributed by atoms with van der Waals surface area (Å²) in [6.45, 7) is -2.33. The quantitative estimate of drug-likeness (QED) is 0.569. The molecule has 7 nitrogen and oxygen atoms in total. The van der Waals surface area contributed by atoms with Gasteiger partial charge in [-0.05, 0) is 37.5 Å². The van der Waals surface area contributed by atoms with Crippen molar-refractivity contribution in [2.45, 2.75) is 36.2 Å². The molecule has 0 aromatic carbocycles. The lowest BCUT2D eigenvalue weighted by Crippen LogP contribution is -2.37. The molecule has 0 spiro atoms. The van der Waals surface area contributed by atoms with Crippen LogP contribution in [0, 0.1) is 11.3 Å². The number of halogens is 3. The number of aromatic nitrogens is 3. The van der Waals surface area contributed by atoms with Gasteiger partial charge in [0.1, 0.15) is 30.0 Å². The van der Waals surface area contributed by atoms with Gasteiger partial charge in [-0.25, -0.2) is 26.9 Å². The number of hydrogen-bond acceptors (Lipinski definition) is 5. The zero-order valence-electron chi connectivity index (χ0n) is 16.2. The van der Waals surface area contributed by atoms with Crippen LogP contribution < -0.4 is 4.72 Å². The smallest absolute Gasteiger partial charge is 0.242 e. The third-order valence-electron chi connectivity index (χ3n) is 5.34. The molecule has 4 rings (SSSR count). The van der Waals surface area contributed by atoms with E-state index in [4.69, 9.17) is 11.6 Å². The Morgan fingerprint density at radius 1 is 1.26 bits per heavy atom. The summed E-state index contributed by atoms with van der Waals surface area (Å²) in [6.07, 6.45) is 5.53. The lowest BCUT2D eigenvalue weighted by Gasteiger charge is -2.29. The molecule has 3 aromatic heterocycles. The fourth-order valence-electron chi connectivity index (χ4n) is 3.60. The average Bonchev–Trinajstić information content (AvgIpc) is 3.04. The van der Waals surface area contributed by atoms with E-state index in [9.17, 15) is 22.5 Å². The molecule has 1 saturated carbocycles. The summed E-state index contributed by atoms with van der Waals surface area (Å²) in [4.78, 5) is 8.46. The molecule has 3 heterocycles. The van der Waals surface area contributed by atoms with E-state index in [0.717, 1.165) is 25.5 Å². The Balaban J connectivity index is 1.81. The van der Waals surface area contributed by atoms with Crippen LogP contribution in [0.5, 0.6) is 0 Å². The standard InChI is InChI=1S/C20H18ClF2N5O2S/c21-12-6-16-17(9-24)19(28(14-2-1-3-14)20(16)26-10-12)18-5-4-15(11-25-18)31(29,30)27-13(7-22)8-23/h4-6,10-11,13-14,27H,1-3,7-8H2. The number of hydrogen-bond donors (Lipinski definition) is 1. The molecular weight excluding hydrogens is 448 g/mol. The van der Waals surface area contributed by atoms with Crippen molar-refractivity contribution in [1.82, 2.24) is 19.3 Å². The monoisotopic (exact) mass is 465 g/mol. The third-order valence-corrected chi connectivity index (χ3v) is 7.06. The van der Waals surface area contributed by atoms with Crippen LogP contribution in [0.1, 0.15) is 30.9 Å². The first-order valence-electron chi connectivity index (χ1n) is 9.59. The molecule has 1 N–H and O–H groups in total. The lowest BCUT2D eigenvalue weighted by atomic mass is 9.92. The molecule has 1 fully saturated rings. The Morgan fingerprint density at radius 2 is 2.00 bits per heavy atom. The van der Waals surface area contributed by atoms with Gasteiger partial charge in [0, 0.05) is 23.8 Å². The van der Waals surface area contributed by atoms with E-state index in [1.807, 2.05) is 9.29 Å². The lowest BCUT2D eigenvalue weighted by molar-refractivity contribution is 0.322. The minimum absolute atomic E-state index is 0.148. The molecule has 11 heteroatoms. The van der Waals surface area contributed by atoms with E-state index < -0.39 is 29.4 Å². The molecular formula is C20H18ClF2N5O2S. The Labute approximate surface area is 182 Å². The first kappa shape index (κ1) is 21.6. The molecule has 31 heavy (non-hydrogen) atoms.